The molecule has 15 heavy (non-hydrogen) atoms. The summed E-state index contributed by atoms with van der Waals surface area (Å²) in [5.74, 6) is -0.246. The molecule has 3 nitrogen and oxygen atoms in total. The van der Waals surface area contributed by atoms with Crippen LogP contribution in [0.1, 0.15) is 12.0 Å². The van der Waals surface area contributed by atoms with E-state index in [-0.39, 0.29) is 16.3 Å². The van der Waals surface area contributed by atoms with Gasteiger partial charge in [-0.1, -0.05) is 11.6 Å². The van der Waals surface area contributed by atoms with Gasteiger partial charge in [-0.05, 0) is 0 Å². The fourth-order valence-electron chi connectivity index (χ4n) is 1.32. The van der Waals surface area contributed by atoms with E-state index in [4.69, 9.17) is 26.3 Å². The molecule has 1 aromatic rings. The van der Waals surface area contributed by atoms with Crippen LogP contribution >= 0.6 is 11.6 Å². The Hall–Kier alpha value is -1.47. The average Bonchev–Trinajstić information content (AvgIpc) is 2.48. The summed E-state index contributed by atoms with van der Waals surface area (Å²) in [5, 5.41) is 8.48. The van der Waals surface area contributed by atoms with Crippen LogP contribution in [0.3, 0.4) is 0 Å². The van der Waals surface area contributed by atoms with E-state index in [2.05, 4.69) is 0 Å². The Morgan fingerprint density at radius 3 is 2.87 bits per heavy atom. The van der Waals surface area contributed by atoms with Gasteiger partial charge in [-0.3, -0.25) is 0 Å². The molecule has 78 valence electrons. The van der Waals surface area contributed by atoms with Crippen LogP contribution in [0, 0.1) is 17.1 Å². The summed E-state index contributed by atoms with van der Waals surface area (Å²) in [7, 11) is 0. The topological polar surface area (TPSA) is 42.2 Å². The van der Waals surface area contributed by atoms with Crippen LogP contribution < -0.4 is 9.47 Å². The lowest BCUT2D eigenvalue weighted by Gasteiger charge is -2.09. The molecule has 0 aliphatic carbocycles. The standard InChI is InChI=1S/C10H7ClFNO2/c11-8-9(12)6(5-13)4-7-10(8)15-3-1-2-14-7/h4H,1-3H2. The van der Waals surface area contributed by atoms with Gasteiger partial charge >= 0.3 is 0 Å². The lowest BCUT2D eigenvalue weighted by Crippen LogP contribution is -1.97. The van der Waals surface area contributed by atoms with Crippen LogP contribution in [0.5, 0.6) is 11.5 Å². The van der Waals surface area contributed by atoms with E-state index >= 15 is 0 Å². The van der Waals surface area contributed by atoms with Gasteiger partial charge in [0.2, 0.25) is 0 Å². The molecular weight excluding hydrogens is 221 g/mol. The van der Waals surface area contributed by atoms with E-state index in [0.717, 1.165) is 0 Å². The highest BCUT2D eigenvalue weighted by molar-refractivity contribution is 6.32. The van der Waals surface area contributed by atoms with E-state index in [1.165, 1.54) is 6.07 Å². The second-order valence-corrected chi connectivity index (χ2v) is 3.42. The number of benzene rings is 1. The molecule has 0 bridgehead atoms. The molecule has 0 saturated carbocycles. The average molecular weight is 228 g/mol. The van der Waals surface area contributed by atoms with Crippen molar-refractivity contribution in [1.82, 2.24) is 0 Å². The highest BCUT2D eigenvalue weighted by Gasteiger charge is 2.20. The summed E-state index contributed by atoms with van der Waals surface area (Å²) >= 11 is 5.74. The molecule has 0 fully saturated rings. The quantitative estimate of drug-likeness (QED) is 0.684. The van der Waals surface area contributed by atoms with Crippen molar-refractivity contribution in [3.05, 3.63) is 22.5 Å². The van der Waals surface area contributed by atoms with Gasteiger partial charge < -0.3 is 9.47 Å². The number of rotatable bonds is 0. The number of hydrogen-bond acceptors (Lipinski definition) is 3. The molecule has 0 atom stereocenters. The monoisotopic (exact) mass is 227 g/mol. The number of halogens is 2. The molecule has 0 unspecified atom stereocenters. The van der Waals surface area contributed by atoms with Gasteiger partial charge in [0.1, 0.15) is 11.1 Å². The summed E-state index contributed by atoms with van der Waals surface area (Å²) in [5.41, 5.74) is -0.135. The Balaban J connectivity index is 2.59. The molecule has 0 amide bonds. The van der Waals surface area contributed by atoms with Crippen LogP contribution in [0.2, 0.25) is 5.02 Å². The first-order valence-electron chi connectivity index (χ1n) is 4.41. The van der Waals surface area contributed by atoms with Crippen molar-refractivity contribution in [2.24, 2.45) is 0 Å². The van der Waals surface area contributed by atoms with Crippen LogP contribution in [0.15, 0.2) is 6.07 Å². The number of ether oxygens (including phenoxy) is 2. The van der Waals surface area contributed by atoms with E-state index in [1.54, 1.807) is 6.07 Å². The molecule has 1 aromatic carbocycles. The first-order valence-corrected chi connectivity index (χ1v) is 4.79. The Kier molecular flexibility index (Phi) is 2.65. The highest BCUT2D eigenvalue weighted by Crippen LogP contribution is 2.39. The van der Waals surface area contributed by atoms with Gasteiger partial charge in [0, 0.05) is 12.5 Å². The molecule has 0 spiro atoms. The largest absolute Gasteiger partial charge is 0.489 e. The maximum atomic E-state index is 13.4. The Morgan fingerprint density at radius 1 is 1.40 bits per heavy atom. The minimum Gasteiger partial charge on any atom is -0.489 e. The van der Waals surface area contributed by atoms with Gasteiger partial charge in [-0.25, -0.2) is 4.39 Å². The van der Waals surface area contributed by atoms with E-state index in [0.29, 0.717) is 25.4 Å². The van der Waals surface area contributed by atoms with Gasteiger partial charge in [0.05, 0.1) is 18.8 Å². The first kappa shape index (κ1) is 10.1. The molecule has 5 heteroatoms. The van der Waals surface area contributed by atoms with Crippen molar-refractivity contribution in [2.75, 3.05) is 13.2 Å². The summed E-state index contributed by atoms with van der Waals surface area (Å²) in [4.78, 5) is 0. The predicted molar refractivity (Wildman–Crippen MR) is 51.7 cm³/mol. The number of nitriles is 1. The number of nitrogens with zero attached hydrogens (tertiary/aromatic N) is 1. The van der Waals surface area contributed by atoms with Crippen molar-refractivity contribution < 1.29 is 13.9 Å². The Labute approximate surface area is 91.0 Å². The molecule has 0 saturated heterocycles. The molecule has 0 aromatic heterocycles. The summed E-state index contributed by atoms with van der Waals surface area (Å²) < 4.78 is 24.0. The zero-order valence-electron chi connectivity index (χ0n) is 7.72. The third-order valence-corrected chi connectivity index (χ3v) is 2.38. The van der Waals surface area contributed by atoms with Gasteiger partial charge in [0.15, 0.2) is 17.3 Å². The highest BCUT2D eigenvalue weighted by atomic mass is 35.5. The van der Waals surface area contributed by atoms with E-state index in [9.17, 15) is 4.39 Å². The molecule has 0 radical (unpaired) electrons. The zero-order chi connectivity index (χ0) is 10.8. The van der Waals surface area contributed by atoms with Crippen LogP contribution in [0.25, 0.3) is 0 Å². The third kappa shape index (κ3) is 1.71. The second-order valence-electron chi connectivity index (χ2n) is 3.04. The normalized spacial score (nSPS) is 14.2. The molecule has 1 aliphatic rings. The Morgan fingerprint density at radius 2 is 2.13 bits per heavy atom. The Bertz CT molecular complexity index is 442. The molecular formula is C10H7ClFNO2. The third-order valence-electron chi connectivity index (χ3n) is 2.04. The minimum atomic E-state index is -0.761. The smallest absolute Gasteiger partial charge is 0.182 e. The van der Waals surface area contributed by atoms with Crippen molar-refractivity contribution >= 4 is 11.6 Å². The van der Waals surface area contributed by atoms with Crippen molar-refractivity contribution in [1.29, 1.82) is 5.26 Å². The minimum absolute atomic E-state index is 0.135. The first-order chi connectivity index (χ1) is 7.24. The molecule has 1 aliphatic heterocycles. The fraction of sp³-hybridized carbons (Fsp3) is 0.300. The van der Waals surface area contributed by atoms with Gasteiger partial charge in [-0.2, -0.15) is 5.26 Å². The van der Waals surface area contributed by atoms with E-state index in [1.807, 2.05) is 0 Å². The van der Waals surface area contributed by atoms with Crippen molar-refractivity contribution in [2.45, 2.75) is 6.42 Å². The zero-order valence-corrected chi connectivity index (χ0v) is 8.47. The molecule has 2 rings (SSSR count). The van der Waals surface area contributed by atoms with Crippen LogP contribution in [0.4, 0.5) is 4.39 Å². The summed E-state index contributed by atoms with van der Waals surface area (Å²) in [6.45, 7) is 0.901. The number of fused-ring (bicyclic) bond motifs is 1. The van der Waals surface area contributed by atoms with Gasteiger partial charge in [0.25, 0.3) is 0 Å². The van der Waals surface area contributed by atoms with Crippen molar-refractivity contribution in [3.63, 3.8) is 0 Å². The molecule has 0 N–H and O–H groups in total. The maximum absolute atomic E-state index is 13.4. The summed E-state index contributed by atoms with van der Waals surface area (Å²) in [6, 6.07) is 3.02. The van der Waals surface area contributed by atoms with Gasteiger partial charge in [-0.15, -0.1) is 0 Å². The lowest BCUT2D eigenvalue weighted by molar-refractivity contribution is 0.297. The maximum Gasteiger partial charge on any atom is 0.182 e. The SMILES string of the molecule is N#Cc1cc2c(c(Cl)c1F)OCCCO2. The number of hydrogen-bond donors (Lipinski definition) is 0. The lowest BCUT2D eigenvalue weighted by atomic mass is 10.2. The van der Waals surface area contributed by atoms with Crippen LogP contribution in [-0.4, -0.2) is 13.2 Å². The predicted octanol–water partition coefficient (Wildman–Crippen LogP) is 2.51. The summed E-state index contributed by atoms with van der Waals surface area (Å²) in [6.07, 6.45) is 0.703. The second kappa shape index (κ2) is 3.95. The van der Waals surface area contributed by atoms with Crippen LogP contribution in [-0.2, 0) is 0 Å². The molecule has 1 heterocycles. The van der Waals surface area contributed by atoms with Crippen molar-refractivity contribution in [3.8, 4) is 17.6 Å². The van der Waals surface area contributed by atoms with E-state index < -0.39 is 5.82 Å². The fourth-order valence-corrected chi connectivity index (χ4v) is 1.57.